The van der Waals surface area contributed by atoms with Crippen LogP contribution in [0.5, 0.6) is 5.75 Å². The Morgan fingerprint density at radius 2 is 2.06 bits per heavy atom. The Labute approximate surface area is 198 Å². The number of fused-ring (bicyclic) bond motifs is 2. The predicted octanol–water partition coefficient (Wildman–Crippen LogP) is 5.62. The second kappa shape index (κ2) is 8.96. The summed E-state index contributed by atoms with van der Waals surface area (Å²) >= 11 is 7.35. The summed E-state index contributed by atoms with van der Waals surface area (Å²) in [4.78, 5) is 28.5. The summed E-state index contributed by atoms with van der Waals surface area (Å²) < 4.78 is 11.8. The number of halogens is 1. The second-order valence-corrected chi connectivity index (χ2v) is 8.99. The van der Waals surface area contributed by atoms with Gasteiger partial charge in [0.2, 0.25) is 10.9 Å². The standard InChI is InChI=1S/C24H20ClN3O4S/c1-2-3-4-10-31-16-7-5-6-14(11-16)20-19-21(29)17-12-15(25)8-9-18(17)32-22(19)23(30)28(20)24-27-26-13-33-24/h5-9,11-13,20H,2-4,10H2,1H3. The van der Waals surface area contributed by atoms with Crippen molar-refractivity contribution in [1.82, 2.24) is 10.2 Å². The Morgan fingerprint density at radius 1 is 1.18 bits per heavy atom. The minimum atomic E-state index is -0.723. The zero-order valence-electron chi connectivity index (χ0n) is 17.8. The van der Waals surface area contributed by atoms with Crippen molar-refractivity contribution in [2.45, 2.75) is 32.2 Å². The van der Waals surface area contributed by atoms with Crippen LogP contribution in [0.2, 0.25) is 5.02 Å². The predicted molar refractivity (Wildman–Crippen MR) is 128 cm³/mol. The van der Waals surface area contributed by atoms with E-state index < -0.39 is 11.9 Å². The molecule has 1 amide bonds. The zero-order valence-corrected chi connectivity index (χ0v) is 19.4. The largest absolute Gasteiger partial charge is 0.494 e. The molecule has 7 nitrogen and oxygen atoms in total. The summed E-state index contributed by atoms with van der Waals surface area (Å²) in [5, 5.41) is 9.09. The average Bonchev–Trinajstić information content (AvgIpc) is 3.44. The van der Waals surface area contributed by atoms with Crippen molar-refractivity contribution in [3.63, 3.8) is 0 Å². The number of ether oxygens (including phenoxy) is 1. The van der Waals surface area contributed by atoms with E-state index in [1.54, 1.807) is 23.7 Å². The first-order valence-electron chi connectivity index (χ1n) is 10.7. The minimum Gasteiger partial charge on any atom is -0.494 e. The van der Waals surface area contributed by atoms with Crippen molar-refractivity contribution in [3.8, 4) is 5.75 Å². The SMILES string of the molecule is CCCCCOc1cccc(C2c3c(oc4ccc(Cl)cc4c3=O)C(=O)N2c2nncs2)c1. The molecule has 9 heteroatoms. The third-order valence-electron chi connectivity index (χ3n) is 5.58. The topological polar surface area (TPSA) is 85.5 Å². The van der Waals surface area contributed by atoms with E-state index in [1.165, 1.54) is 16.2 Å². The average molecular weight is 482 g/mol. The van der Waals surface area contributed by atoms with E-state index in [9.17, 15) is 9.59 Å². The van der Waals surface area contributed by atoms with Crippen LogP contribution < -0.4 is 15.1 Å². The fraction of sp³-hybridized carbons (Fsp3) is 0.250. The van der Waals surface area contributed by atoms with Gasteiger partial charge >= 0.3 is 0 Å². The molecular formula is C24H20ClN3O4S. The van der Waals surface area contributed by atoms with Crippen LogP contribution in [0.4, 0.5) is 5.13 Å². The molecule has 2 aromatic carbocycles. The molecule has 0 saturated carbocycles. The highest BCUT2D eigenvalue weighted by Gasteiger charge is 2.45. The molecule has 168 valence electrons. The fourth-order valence-electron chi connectivity index (χ4n) is 4.05. The summed E-state index contributed by atoms with van der Waals surface area (Å²) in [6.45, 7) is 2.74. The number of amides is 1. The van der Waals surface area contributed by atoms with Crippen LogP contribution in [0.3, 0.4) is 0 Å². The smallest absolute Gasteiger partial charge is 0.297 e. The first-order valence-corrected chi connectivity index (χ1v) is 11.9. The molecule has 0 saturated heterocycles. The molecule has 3 heterocycles. The van der Waals surface area contributed by atoms with Crippen molar-refractivity contribution in [3.05, 3.63) is 80.1 Å². The molecule has 0 N–H and O–H groups in total. The molecule has 0 radical (unpaired) electrons. The lowest BCUT2D eigenvalue weighted by molar-refractivity contribution is 0.0970. The van der Waals surface area contributed by atoms with E-state index >= 15 is 0 Å². The van der Waals surface area contributed by atoms with Gasteiger partial charge in [0.15, 0.2) is 5.43 Å². The summed E-state index contributed by atoms with van der Waals surface area (Å²) in [7, 11) is 0. The van der Waals surface area contributed by atoms with Crippen molar-refractivity contribution in [2.24, 2.45) is 0 Å². The van der Waals surface area contributed by atoms with Crippen LogP contribution in [0.25, 0.3) is 11.0 Å². The number of aromatic nitrogens is 2. The lowest BCUT2D eigenvalue weighted by atomic mass is 9.98. The Balaban J connectivity index is 1.65. The Morgan fingerprint density at radius 3 is 2.85 bits per heavy atom. The Bertz CT molecular complexity index is 1390. The van der Waals surface area contributed by atoms with Crippen LogP contribution in [0, 0.1) is 0 Å². The quantitative estimate of drug-likeness (QED) is 0.318. The molecule has 1 aliphatic rings. The van der Waals surface area contributed by atoms with Crippen LogP contribution in [0.15, 0.2) is 57.2 Å². The number of nitrogens with zero attached hydrogens (tertiary/aromatic N) is 3. The summed E-state index contributed by atoms with van der Waals surface area (Å²) in [5.74, 6) is 0.245. The number of unbranched alkanes of at least 4 members (excludes halogenated alkanes) is 2. The first kappa shape index (κ1) is 21.6. The Hall–Kier alpha value is -3.23. The molecule has 0 spiro atoms. The maximum atomic E-state index is 13.6. The van der Waals surface area contributed by atoms with E-state index in [2.05, 4.69) is 17.1 Å². The van der Waals surface area contributed by atoms with Gasteiger partial charge < -0.3 is 9.15 Å². The van der Waals surface area contributed by atoms with Gasteiger partial charge in [-0.15, -0.1) is 10.2 Å². The van der Waals surface area contributed by atoms with E-state index in [1.807, 2.05) is 24.3 Å². The van der Waals surface area contributed by atoms with E-state index in [4.69, 9.17) is 20.8 Å². The highest BCUT2D eigenvalue weighted by atomic mass is 35.5. The number of rotatable bonds is 7. The van der Waals surface area contributed by atoms with Crippen molar-refractivity contribution >= 4 is 44.9 Å². The first-order chi connectivity index (χ1) is 16.1. The maximum absolute atomic E-state index is 13.6. The van der Waals surface area contributed by atoms with Gasteiger partial charge in [0, 0.05) is 5.02 Å². The van der Waals surface area contributed by atoms with E-state index in [0.717, 1.165) is 24.8 Å². The van der Waals surface area contributed by atoms with Gasteiger partial charge in [-0.05, 0) is 42.3 Å². The van der Waals surface area contributed by atoms with Gasteiger partial charge in [0.25, 0.3) is 5.91 Å². The molecule has 1 atom stereocenters. The van der Waals surface area contributed by atoms with Crippen LogP contribution in [-0.2, 0) is 0 Å². The highest BCUT2D eigenvalue weighted by Crippen LogP contribution is 2.42. The fourth-order valence-corrected chi connectivity index (χ4v) is 4.80. The minimum absolute atomic E-state index is 0.00397. The number of hydrogen-bond acceptors (Lipinski definition) is 7. The number of anilines is 1. The number of hydrogen-bond donors (Lipinski definition) is 0. The van der Waals surface area contributed by atoms with E-state index in [0.29, 0.717) is 33.5 Å². The van der Waals surface area contributed by atoms with E-state index in [-0.39, 0.29) is 16.8 Å². The summed E-state index contributed by atoms with van der Waals surface area (Å²) in [6, 6.07) is 11.5. The molecule has 1 unspecified atom stereocenters. The third-order valence-corrected chi connectivity index (χ3v) is 6.50. The Kier molecular flexibility index (Phi) is 5.86. The lowest BCUT2D eigenvalue weighted by Crippen LogP contribution is -2.29. The molecule has 1 aliphatic heterocycles. The van der Waals surface area contributed by atoms with Crippen LogP contribution in [0.1, 0.15) is 53.9 Å². The summed E-state index contributed by atoms with van der Waals surface area (Å²) in [6.07, 6.45) is 3.15. The summed E-state index contributed by atoms with van der Waals surface area (Å²) in [5.41, 5.74) is 2.53. The highest BCUT2D eigenvalue weighted by molar-refractivity contribution is 7.13. The van der Waals surface area contributed by atoms with Gasteiger partial charge in [0.05, 0.1) is 23.6 Å². The van der Waals surface area contributed by atoms with Crippen LogP contribution in [-0.4, -0.2) is 22.7 Å². The van der Waals surface area contributed by atoms with Crippen molar-refractivity contribution < 1.29 is 13.9 Å². The van der Waals surface area contributed by atoms with Gasteiger partial charge in [-0.25, -0.2) is 0 Å². The normalized spacial score (nSPS) is 15.3. The van der Waals surface area contributed by atoms with Gasteiger partial charge in [-0.1, -0.05) is 54.8 Å². The molecule has 0 fully saturated rings. The zero-order chi connectivity index (χ0) is 22.9. The van der Waals surface area contributed by atoms with Gasteiger partial charge in [0.1, 0.15) is 16.8 Å². The maximum Gasteiger partial charge on any atom is 0.297 e. The molecule has 33 heavy (non-hydrogen) atoms. The second-order valence-electron chi connectivity index (χ2n) is 7.74. The monoisotopic (exact) mass is 481 g/mol. The number of carbonyl (C=O) groups excluding carboxylic acids is 1. The van der Waals surface area contributed by atoms with Gasteiger partial charge in [-0.2, -0.15) is 0 Å². The molecule has 4 aromatic rings. The van der Waals surface area contributed by atoms with Gasteiger partial charge in [-0.3, -0.25) is 14.5 Å². The molecular weight excluding hydrogens is 462 g/mol. The van der Waals surface area contributed by atoms with Crippen molar-refractivity contribution in [2.75, 3.05) is 11.5 Å². The molecule has 0 bridgehead atoms. The number of carbonyl (C=O) groups is 1. The molecule has 5 rings (SSSR count). The van der Waals surface area contributed by atoms with Crippen LogP contribution >= 0.6 is 22.9 Å². The molecule has 2 aromatic heterocycles. The lowest BCUT2D eigenvalue weighted by Gasteiger charge is -2.22. The molecule has 0 aliphatic carbocycles. The third kappa shape index (κ3) is 3.89. The number of benzene rings is 2. The van der Waals surface area contributed by atoms with Crippen molar-refractivity contribution in [1.29, 1.82) is 0 Å².